The van der Waals surface area contributed by atoms with Crippen molar-refractivity contribution in [3.8, 4) is 11.5 Å². The summed E-state index contributed by atoms with van der Waals surface area (Å²) in [6.45, 7) is 0. The minimum absolute atomic E-state index is 0.0661. The molecule has 30 heavy (non-hydrogen) atoms. The van der Waals surface area contributed by atoms with Crippen LogP contribution in [0.25, 0.3) is 23.6 Å². The van der Waals surface area contributed by atoms with Gasteiger partial charge < -0.3 is 9.73 Å². The lowest BCUT2D eigenvalue weighted by Crippen LogP contribution is -2.35. The molecule has 3 heterocycles. The first-order valence-electron chi connectivity index (χ1n) is 9.38. The van der Waals surface area contributed by atoms with E-state index in [0.29, 0.717) is 18.2 Å². The van der Waals surface area contributed by atoms with Gasteiger partial charge in [-0.2, -0.15) is 5.10 Å². The number of fused-ring (bicyclic) bond motifs is 1. The van der Waals surface area contributed by atoms with E-state index in [4.69, 9.17) is 4.42 Å². The first kappa shape index (κ1) is 18.7. The van der Waals surface area contributed by atoms with Gasteiger partial charge in [0.05, 0.1) is 21.0 Å². The van der Waals surface area contributed by atoms with Gasteiger partial charge in [-0.25, -0.2) is 0 Å². The minimum atomic E-state index is -0.151. The van der Waals surface area contributed by atoms with Crippen molar-refractivity contribution in [1.29, 1.82) is 0 Å². The highest BCUT2D eigenvalue weighted by molar-refractivity contribution is 14.1. The molecule has 2 N–H and O–H groups in total. The third-order valence-corrected chi connectivity index (χ3v) is 6.08. The normalized spacial score (nSPS) is 15.9. The van der Waals surface area contributed by atoms with Gasteiger partial charge in [-0.05, 0) is 58.9 Å². The van der Waals surface area contributed by atoms with E-state index in [1.54, 1.807) is 6.08 Å². The standard InChI is InChI=1S/C22H16IN5O2/c23-19-16(10-11-18-26-28-22(30-18)13-6-2-1-3-7-13)25-27-20(19)17-12-14-8-4-5-9-15(14)21(29)24-17/h1-11,17H,12H2,(H,24,29)(H,25,27)/b11-10+. The summed E-state index contributed by atoms with van der Waals surface area (Å²) in [6.07, 6.45) is 4.27. The molecule has 2 aromatic heterocycles. The van der Waals surface area contributed by atoms with Crippen molar-refractivity contribution in [3.63, 3.8) is 0 Å². The van der Waals surface area contributed by atoms with Gasteiger partial charge >= 0.3 is 0 Å². The molecule has 1 aliphatic rings. The summed E-state index contributed by atoms with van der Waals surface area (Å²) in [5, 5.41) is 18.7. The Labute approximate surface area is 185 Å². The number of hydrogen-bond acceptors (Lipinski definition) is 5. The van der Waals surface area contributed by atoms with E-state index < -0.39 is 0 Å². The van der Waals surface area contributed by atoms with Crippen LogP contribution in [0.4, 0.5) is 0 Å². The zero-order valence-electron chi connectivity index (χ0n) is 15.7. The summed E-state index contributed by atoms with van der Waals surface area (Å²) in [5.74, 6) is 0.800. The molecular weight excluding hydrogens is 493 g/mol. The van der Waals surface area contributed by atoms with Crippen LogP contribution in [0.5, 0.6) is 0 Å². The van der Waals surface area contributed by atoms with Crippen molar-refractivity contribution in [2.24, 2.45) is 0 Å². The van der Waals surface area contributed by atoms with Crippen LogP contribution in [-0.2, 0) is 6.42 Å². The number of amides is 1. The van der Waals surface area contributed by atoms with Gasteiger partial charge in [0.15, 0.2) is 0 Å². The Morgan fingerprint density at radius 2 is 1.83 bits per heavy atom. The van der Waals surface area contributed by atoms with E-state index in [-0.39, 0.29) is 11.9 Å². The first-order valence-corrected chi connectivity index (χ1v) is 10.5. The fourth-order valence-corrected chi connectivity index (χ4v) is 4.25. The maximum atomic E-state index is 12.4. The van der Waals surface area contributed by atoms with Gasteiger partial charge in [0.2, 0.25) is 11.8 Å². The Hall–Kier alpha value is -3.27. The predicted octanol–water partition coefficient (Wildman–Crippen LogP) is 4.26. The summed E-state index contributed by atoms with van der Waals surface area (Å²) in [4.78, 5) is 12.4. The Morgan fingerprint density at radius 3 is 2.70 bits per heavy atom. The molecule has 5 rings (SSSR count). The van der Waals surface area contributed by atoms with Crippen LogP contribution >= 0.6 is 22.6 Å². The minimum Gasteiger partial charge on any atom is -0.417 e. The van der Waals surface area contributed by atoms with E-state index in [2.05, 4.69) is 48.3 Å². The van der Waals surface area contributed by atoms with Gasteiger partial charge in [0, 0.05) is 17.2 Å². The molecule has 2 aromatic carbocycles. The maximum Gasteiger partial charge on any atom is 0.252 e. The van der Waals surface area contributed by atoms with Gasteiger partial charge in [-0.3, -0.25) is 9.89 Å². The number of aromatic nitrogens is 4. The SMILES string of the molecule is O=C1NC(c2[nH]nc(/C=C/c3nnc(-c4ccccc4)o3)c2I)Cc2ccccc21. The average molecular weight is 509 g/mol. The van der Waals surface area contributed by atoms with Crippen molar-refractivity contribution >= 4 is 40.7 Å². The lowest BCUT2D eigenvalue weighted by molar-refractivity contribution is 0.0924. The molecule has 0 spiro atoms. The van der Waals surface area contributed by atoms with E-state index in [1.807, 2.05) is 60.7 Å². The van der Waals surface area contributed by atoms with E-state index in [1.165, 1.54) is 0 Å². The van der Waals surface area contributed by atoms with Gasteiger partial charge in [-0.1, -0.05) is 36.4 Å². The number of rotatable bonds is 4. The molecule has 0 aliphatic carbocycles. The predicted molar refractivity (Wildman–Crippen MR) is 120 cm³/mol. The van der Waals surface area contributed by atoms with Crippen LogP contribution in [0.2, 0.25) is 0 Å². The molecule has 7 nitrogen and oxygen atoms in total. The van der Waals surface area contributed by atoms with E-state index >= 15 is 0 Å². The van der Waals surface area contributed by atoms with Crippen LogP contribution < -0.4 is 5.32 Å². The maximum absolute atomic E-state index is 12.4. The average Bonchev–Trinajstić information content (AvgIpc) is 3.39. The summed E-state index contributed by atoms with van der Waals surface area (Å²) in [7, 11) is 0. The van der Waals surface area contributed by atoms with Crippen LogP contribution in [0, 0.1) is 3.57 Å². The Kier molecular flexibility index (Phi) is 4.91. The summed E-state index contributed by atoms with van der Waals surface area (Å²) >= 11 is 2.24. The van der Waals surface area contributed by atoms with Crippen molar-refractivity contribution in [1.82, 2.24) is 25.7 Å². The Balaban J connectivity index is 1.36. The van der Waals surface area contributed by atoms with Gasteiger partial charge in [0.1, 0.15) is 0 Å². The number of hydrogen-bond donors (Lipinski definition) is 2. The molecule has 1 aliphatic heterocycles. The molecule has 1 amide bonds. The number of nitrogens with one attached hydrogen (secondary N) is 2. The van der Waals surface area contributed by atoms with Crippen molar-refractivity contribution in [2.45, 2.75) is 12.5 Å². The molecule has 0 radical (unpaired) electrons. The topological polar surface area (TPSA) is 96.7 Å². The smallest absolute Gasteiger partial charge is 0.252 e. The molecule has 1 unspecified atom stereocenters. The third-order valence-electron chi connectivity index (χ3n) is 4.94. The number of carbonyl (C=O) groups excluding carboxylic acids is 1. The summed E-state index contributed by atoms with van der Waals surface area (Å²) in [5.41, 5.74) is 4.27. The summed E-state index contributed by atoms with van der Waals surface area (Å²) < 4.78 is 6.64. The first-order chi connectivity index (χ1) is 14.7. The van der Waals surface area contributed by atoms with Crippen molar-refractivity contribution < 1.29 is 9.21 Å². The second kappa shape index (κ2) is 7.86. The number of benzene rings is 2. The van der Waals surface area contributed by atoms with Crippen LogP contribution in [0.3, 0.4) is 0 Å². The second-order valence-electron chi connectivity index (χ2n) is 6.87. The molecule has 148 valence electrons. The highest BCUT2D eigenvalue weighted by Gasteiger charge is 2.28. The van der Waals surface area contributed by atoms with E-state index in [9.17, 15) is 4.79 Å². The molecule has 0 saturated heterocycles. The molecule has 4 aromatic rings. The number of aromatic amines is 1. The van der Waals surface area contributed by atoms with Crippen molar-refractivity contribution in [2.75, 3.05) is 0 Å². The number of nitrogens with zero attached hydrogens (tertiary/aromatic N) is 3. The van der Waals surface area contributed by atoms with Crippen LogP contribution in [0.1, 0.15) is 39.2 Å². The number of halogens is 1. The highest BCUT2D eigenvalue weighted by atomic mass is 127. The zero-order valence-corrected chi connectivity index (χ0v) is 17.8. The molecule has 8 heteroatoms. The monoisotopic (exact) mass is 509 g/mol. The molecule has 0 bridgehead atoms. The fraction of sp³-hybridized carbons (Fsp3) is 0.0909. The largest absolute Gasteiger partial charge is 0.417 e. The highest BCUT2D eigenvalue weighted by Crippen LogP contribution is 2.29. The lowest BCUT2D eigenvalue weighted by atomic mass is 9.93. The van der Waals surface area contributed by atoms with Gasteiger partial charge in [0.25, 0.3) is 5.91 Å². The van der Waals surface area contributed by atoms with E-state index in [0.717, 1.165) is 31.6 Å². The molecule has 0 saturated carbocycles. The molecular formula is C22H16IN5O2. The Morgan fingerprint density at radius 1 is 1.03 bits per heavy atom. The third kappa shape index (κ3) is 3.54. The van der Waals surface area contributed by atoms with Crippen LogP contribution in [-0.4, -0.2) is 26.3 Å². The fourth-order valence-electron chi connectivity index (χ4n) is 3.45. The Bertz CT molecular complexity index is 1250. The lowest BCUT2D eigenvalue weighted by Gasteiger charge is -2.25. The van der Waals surface area contributed by atoms with Crippen molar-refractivity contribution in [3.05, 3.63) is 86.6 Å². The number of H-pyrrole nitrogens is 1. The summed E-state index contributed by atoms with van der Waals surface area (Å²) in [6, 6.07) is 17.1. The second-order valence-corrected chi connectivity index (χ2v) is 7.95. The molecule has 1 atom stereocenters. The molecule has 0 fully saturated rings. The zero-order chi connectivity index (χ0) is 20.5. The number of carbonyl (C=O) groups is 1. The quantitative estimate of drug-likeness (QED) is 0.401. The van der Waals surface area contributed by atoms with Crippen LogP contribution in [0.15, 0.2) is 59.0 Å². The van der Waals surface area contributed by atoms with Gasteiger partial charge in [-0.15, -0.1) is 10.2 Å².